The lowest BCUT2D eigenvalue weighted by Crippen LogP contribution is -2.66. The van der Waals surface area contributed by atoms with Gasteiger partial charge in [-0.05, 0) is 56.7 Å². The van der Waals surface area contributed by atoms with Crippen molar-refractivity contribution >= 4 is 0 Å². The fraction of sp³-hybridized carbons (Fsp3) is 0.636. The molecule has 2 aliphatic heterocycles. The van der Waals surface area contributed by atoms with Gasteiger partial charge in [-0.3, -0.25) is 4.90 Å². The molecule has 3 aliphatic carbocycles. The molecule has 4 unspecified atom stereocenters. The van der Waals surface area contributed by atoms with Crippen molar-refractivity contribution in [3.05, 3.63) is 35.4 Å². The second-order valence-corrected chi connectivity index (χ2v) is 8.95. The maximum absolute atomic E-state index is 10.8. The minimum Gasteiger partial charge on any atom is -0.493 e. The third-order valence-electron chi connectivity index (χ3n) is 7.95. The number of hydrogen-bond acceptors (Lipinski definition) is 4. The van der Waals surface area contributed by atoms with Crippen LogP contribution in [0.2, 0.25) is 0 Å². The summed E-state index contributed by atoms with van der Waals surface area (Å²) in [7, 11) is 1.71. The van der Waals surface area contributed by atoms with Gasteiger partial charge in [0.1, 0.15) is 12.2 Å². The van der Waals surface area contributed by atoms with Crippen molar-refractivity contribution in [1.82, 2.24) is 4.90 Å². The average molecular weight is 353 g/mol. The number of methoxy groups -OCH3 is 1. The summed E-state index contributed by atoms with van der Waals surface area (Å²) in [4.78, 5) is 2.78. The summed E-state index contributed by atoms with van der Waals surface area (Å²) in [6.45, 7) is 3.53. The van der Waals surface area contributed by atoms with E-state index in [9.17, 15) is 5.11 Å². The summed E-state index contributed by atoms with van der Waals surface area (Å²) in [6, 6.07) is 5.47. The van der Waals surface area contributed by atoms with Crippen LogP contribution in [0, 0.1) is 11.8 Å². The Balaban J connectivity index is 1.54. The van der Waals surface area contributed by atoms with Crippen LogP contribution in [-0.4, -0.2) is 48.0 Å². The van der Waals surface area contributed by atoms with Gasteiger partial charge in [0.2, 0.25) is 0 Å². The lowest BCUT2D eigenvalue weighted by Gasteiger charge is -2.58. The van der Waals surface area contributed by atoms with Gasteiger partial charge in [-0.1, -0.05) is 18.2 Å². The van der Waals surface area contributed by atoms with Gasteiger partial charge >= 0.3 is 0 Å². The van der Waals surface area contributed by atoms with Crippen LogP contribution in [-0.2, 0) is 11.8 Å². The van der Waals surface area contributed by atoms with Gasteiger partial charge in [0, 0.05) is 29.0 Å². The third-order valence-corrected chi connectivity index (χ3v) is 7.95. The Hall–Kier alpha value is -1.52. The molecule has 138 valence electrons. The maximum atomic E-state index is 10.8. The van der Waals surface area contributed by atoms with Gasteiger partial charge in [0.05, 0.1) is 7.11 Å². The van der Waals surface area contributed by atoms with Gasteiger partial charge in [0.15, 0.2) is 11.5 Å². The quantitative estimate of drug-likeness (QED) is 0.849. The average Bonchev–Trinajstić information content (AvgIpc) is 3.43. The summed E-state index contributed by atoms with van der Waals surface area (Å²) in [5.41, 5.74) is 2.65. The maximum Gasteiger partial charge on any atom is 0.165 e. The zero-order valence-electron chi connectivity index (χ0n) is 15.5. The smallest absolute Gasteiger partial charge is 0.165 e. The fourth-order valence-electron chi connectivity index (χ4n) is 6.59. The molecule has 1 saturated heterocycles. The van der Waals surface area contributed by atoms with Crippen LogP contribution >= 0.6 is 0 Å². The van der Waals surface area contributed by atoms with Crippen molar-refractivity contribution in [1.29, 1.82) is 0 Å². The van der Waals surface area contributed by atoms with E-state index in [2.05, 4.69) is 24.0 Å². The highest BCUT2D eigenvalue weighted by Crippen LogP contribution is 2.63. The summed E-state index contributed by atoms with van der Waals surface area (Å²) in [5.74, 6) is 3.01. The predicted molar refractivity (Wildman–Crippen MR) is 98.7 cm³/mol. The highest BCUT2D eigenvalue weighted by atomic mass is 16.5. The molecule has 2 heterocycles. The normalized spacial score (nSPS) is 40.7. The molecule has 2 fully saturated rings. The molecule has 1 saturated carbocycles. The number of ether oxygens (including phenoxy) is 2. The van der Waals surface area contributed by atoms with Gasteiger partial charge in [-0.15, -0.1) is 0 Å². The Labute approximate surface area is 154 Å². The Morgan fingerprint density at radius 3 is 2.92 bits per heavy atom. The van der Waals surface area contributed by atoms with Crippen LogP contribution < -0.4 is 9.47 Å². The molecule has 0 amide bonds. The van der Waals surface area contributed by atoms with E-state index in [1.54, 1.807) is 7.11 Å². The Morgan fingerprint density at radius 2 is 2.15 bits per heavy atom. The van der Waals surface area contributed by atoms with E-state index in [1.807, 2.05) is 12.1 Å². The Morgan fingerprint density at radius 1 is 1.31 bits per heavy atom. The number of piperidine rings is 1. The van der Waals surface area contributed by atoms with E-state index in [4.69, 9.17) is 9.47 Å². The van der Waals surface area contributed by atoms with Crippen molar-refractivity contribution in [2.75, 3.05) is 13.7 Å². The molecule has 1 aromatic carbocycles. The van der Waals surface area contributed by atoms with E-state index < -0.39 is 6.10 Å². The van der Waals surface area contributed by atoms with Crippen LogP contribution in [0.5, 0.6) is 11.5 Å². The largest absolute Gasteiger partial charge is 0.493 e. The zero-order valence-corrected chi connectivity index (χ0v) is 15.5. The number of aliphatic hydroxyl groups is 1. The lowest BCUT2D eigenvalue weighted by molar-refractivity contribution is -0.0632. The molecule has 26 heavy (non-hydrogen) atoms. The SMILES string of the molecule is COc1ccc2c3c1OC1C(O)C=CC4[C@@H](C2)N(C(C)C2CC2)CC[C@]314. The molecular weight excluding hydrogens is 326 g/mol. The first-order valence-corrected chi connectivity index (χ1v) is 10.1. The van der Waals surface area contributed by atoms with Crippen LogP contribution in [0.1, 0.15) is 37.3 Å². The van der Waals surface area contributed by atoms with Crippen molar-refractivity contribution in [2.24, 2.45) is 11.8 Å². The van der Waals surface area contributed by atoms with E-state index >= 15 is 0 Å². The summed E-state index contributed by atoms with van der Waals surface area (Å²) < 4.78 is 12.0. The topological polar surface area (TPSA) is 41.9 Å². The first-order valence-electron chi connectivity index (χ1n) is 10.1. The molecular formula is C22H27NO3. The second-order valence-electron chi connectivity index (χ2n) is 8.95. The van der Waals surface area contributed by atoms with E-state index in [-0.39, 0.29) is 11.5 Å². The van der Waals surface area contributed by atoms with Crippen LogP contribution in [0.25, 0.3) is 0 Å². The second kappa shape index (κ2) is 5.05. The third kappa shape index (κ3) is 1.73. The van der Waals surface area contributed by atoms with Crippen molar-refractivity contribution in [3.8, 4) is 11.5 Å². The van der Waals surface area contributed by atoms with Gasteiger partial charge in [0.25, 0.3) is 0 Å². The standard InChI is InChI=1S/C22H27NO3/c1-12(13-3-4-13)23-10-9-22-15-6-7-17(24)21(22)26-20-18(25-2)8-5-14(19(20)22)11-16(15)23/h5-8,12-13,15-17,21,24H,3-4,9-11H2,1-2H3/t12?,15?,16-,17?,21?,22+/m1/s1. The van der Waals surface area contributed by atoms with Crippen LogP contribution in [0.4, 0.5) is 0 Å². The fourth-order valence-corrected chi connectivity index (χ4v) is 6.59. The summed E-state index contributed by atoms with van der Waals surface area (Å²) in [6.07, 6.45) is 8.48. The minimum atomic E-state index is -0.539. The molecule has 2 bridgehead atoms. The molecule has 1 spiro atoms. The molecule has 1 aromatic rings. The molecule has 4 nitrogen and oxygen atoms in total. The molecule has 6 rings (SSSR count). The van der Waals surface area contributed by atoms with Crippen LogP contribution in [0.3, 0.4) is 0 Å². The zero-order chi connectivity index (χ0) is 17.6. The Bertz CT molecular complexity index is 801. The lowest BCUT2D eigenvalue weighted by atomic mass is 9.53. The van der Waals surface area contributed by atoms with Crippen LogP contribution in [0.15, 0.2) is 24.3 Å². The van der Waals surface area contributed by atoms with Crippen molar-refractivity contribution in [2.45, 2.75) is 62.3 Å². The highest BCUT2D eigenvalue weighted by molar-refractivity contribution is 5.62. The molecule has 6 atom stereocenters. The van der Waals surface area contributed by atoms with Gasteiger partial charge in [-0.2, -0.15) is 0 Å². The molecule has 1 N–H and O–H groups in total. The summed E-state index contributed by atoms with van der Waals surface area (Å²) in [5, 5.41) is 10.8. The van der Waals surface area contributed by atoms with Gasteiger partial charge in [-0.25, -0.2) is 0 Å². The van der Waals surface area contributed by atoms with E-state index in [0.717, 1.165) is 36.8 Å². The predicted octanol–water partition coefficient (Wildman–Crippen LogP) is 2.67. The minimum absolute atomic E-state index is 0.0872. The van der Waals surface area contributed by atoms with E-state index in [0.29, 0.717) is 18.0 Å². The summed E-state index contributed by atoms with van der Waals surface area (Å²) >= 11 is 0. The molecule has 5 aliphatic rings. The molecule has 0 aromatic heterocycles. The first-order chi connectivity index (χ1) is 12.6. The van der Waals surface area contributed by atoms with Crippen molar-refractivity contribution < 1.29 is 14.6 Å². The molecule has 0 radical (unpaired) electrons. The Kier molecular flexibility index (Phi) is 3.02. The highest BCUT2D eigenvalue weighted by Gasteiger charge is 2.65. The number of rotatable bonds is 3. The number of nitrogens with zero attached hydrogens (tertiary/aromatic N) is 1. The van der Waals surface area contributed by atoms with Gasteiger partial charge < -0.3 is 14.6 Å². The number of benzene rings is 1. The van der Waals surface area contributed by atoms with Crippen molar-refractivity contribution in [3.63, 3.8) is 0 Å². The number of likely N-dealkylation sites (tertiary alicyclic amines) is 1. The number of hydrogen-bond donors (Lipinski definition) is 1. The first kappa shape index (κ1) is 15.5. The monoisotopic (exact) mass is 353 g/mol. The molecule has 4 heteroatoms. The van der Waals surface area contributed by atoms with E-state index in [1.165, 1.54) is 24.0 Å². The number of aliphatic hydroxyl groups excluding tert-OH is 1.